The Bertz CT molecular complexity index is 430. The number of rotatable bonds is 5. The Balaban J connectivity index is 1.78. The molecule has 19 heavy (non-hydrogen) atoms. The zero-order valence-electron chi connectivity index (χ0n) is 11.4. The maximum atomic E-state index is 13.1. The number of hydrogen-bond acceptors (Lipinski definition) is 2. The number of benzene rings is 1. The fourth-order valence-electron chi connectivity index (χ4n) is 2.49. The molecule has 0 atom stereocenters. The molecule has 0 radical (unpaired) electrons. The van der Waals surface area contributed by atoms with Gasteiger partial charge in [0.1, 0.15) is 5.82 Å². The third-order valence-corrected chi connectivity index (χ3v) is 3.63. The lowest BCUT2D eigenvalue weighted by atomic mass is 10.2. The van der Waals surface area contributed by atoms with Gasteiger partial charge >= 0.3 is 0 Å². The standard InChI is InChI=1S/C15H21FN2O/c1-18(11-12-5-4-6-13(16)9-12)15(19)10-17-14-7-2-3-8-14/h4-6,9,14,17H,2-3,7-8,10-11H2,1H3. The SMILES string of the molecule is CN(Cc1cccc(F)c1)C(=O)CNC1CCCC1. The van der Waals surface area contributed by atoms with Crippen molar-refractivity contribution in [2.24, 2.45) is 0 Å². The predicted molar refractivity (Wildman–Crippen MR) is 73.1 cm³/mol. The fraction of sp³-hybridized carbons (Fsp3) is 0.533. The quantitative estimate of drug-likeness (QED) is 0.885. The first-order valence-electron chi connectivity index (χ1n) is 6.87. The van der Waals surface area contributed by atoms with Gasteiger partial charge in [0.25, 0.3) is 0 Å². The van der Waals surface area contributed by atoms with Crippen molar-refractivity contribution >= 4 is 5.91 Å². The lowest BCUT2D eigenvalue weighted by Crippen LogP contribution is -2.38. The van der Waals surface area contributed by atoms with Crippen LogP contribution >= 0.6 is 0 Å². The molecule has 104 valence electrons. The summed E-state index contributed by atoms with van der Waals surface area (Å²) in [5.41, 5.74) is 0.816. The van der Waals surface area contributed by atoms with Crippen LogP contribution in [-0.2, 0) is 11.3 Å². The zero-order chi connectivity index (χ0) is 13.7. The van der Waals surface area contributed by atoms with Crippen molar-refractivity contribution in [2.45, 2.75) is 38.3 Å². The second-order valence-electron chi connectivity index (χ2n) is 5.24. The van der Waals surface area contributed by atoms with Gasteiger partial charge in [-0.3, -0.25) is 4.79 Å². The highest BCUT2D eigenvalue weighted by atomic mass is 19.1. The van der Waals surface area contributed by atoms with E-state index in [1.165, 1.54) is 37.8 Å². The molecule has 1 aromatic carbocycles. The van der Waals surface area contributed by atoms with Crippen molar-refractivity contribution in [2.75, 3.05) is 13.6 Å². The average molecular weight is 264 g/mol. The molecule has 0 aromatic heterocycles. The molecule has 0 aliphatic heterocycles. The van der Waals surface area contributed by atoms with E-state index in [4.69, 9.17) is 0 Å². The van der Waals surface area contributed by atoms with Crippen LogP contribution in [0.4, 0.5) is 4.39 Å². The molecule has 0 unspecified atom stereocenters. The predicted octanol–water partition coefficient (Wildman–Crippen LogP) is 2.32. The molecule has 1 saturated carbocycles. The number of halogens is 1. The number of carbonyl (C=O) groups is 1. The molecule has 0 spiro atoms. The minimum absolute atomic E-state index is 0.0520. The smallest absolute Gasteiger partial charge is 0.236 e. The van der Waals surface area contributed by atoms with Crippen LogP contribution in [0.5, 0.6) is 0 Å². The Labute approximate surface area is 113 Å². The number of hydrogen-bond donors (Lipinski definition) is 1. The third-order valence-electron chi connectivity index (χ3n) is 3.63. The molecular formula is C15H21FN2O. The summed E-state index contributed by atoms with van der Waals surface area (Å²) in [4.78, 5) is 13.6. The Kier molecular flexibility index (Phi) is 4.91. The van der Waals surface area contributed by atoms with Crippen LogP contribution in [0.3, 0.4) is 0 Å². The van der Waals surface area contributed by atoms with Crippen molar-refractivity contribution in [1.29, 1.82) is 0 Å². The number of nitrogens with one attached hydrogen (secondary N) is 1. The van der Waals surface area contributed by atoms with Gasteiger partial charge < -0.3 is 10.2 Å². The summed E-state index contributed by atoms with van der Waals surface area (Å²) in [6.07, 6.45) is 4.84. The van der Waals surface area contributed by atoms with Gasteiger partial charge in [-0.05, 0) is 30.5 Å². The van der Waals surface area contributed by atoms with Crippen LogP contribution < -0.4 is 5.32 Å². The molecule has 0 bridgehead atoms. The molecule has 4 heteroatoms. The molecule has 3 nitrogen and oxygen atoms in total. The van der Waals surface area contributed by atoms with E-state index in [1.54, 1.807) is 18.0 Å². The van der Waals surface area contributed by atoms with Gasteiger partial charge in [-0.1, -0.05) is 25.0 Å². The van der Waals surface area contributed by atoms with E-state index < -0.39 is 0 Å². The second-order valence-corrected chi connectivity index (χ2v) is 5.24. The molecule has 1 aromatic rings. The molecule has 1 fully saturated rings. The van der Waals surface area contributed by atoms with Crippen LogP contribution in [0, 0.1) is 5.82 Å². The summed E-state index contributed by atoms with van der Waals surface area (Å²) in [7, 11) is 1.75. The summed E-state index contributed by atoms with van der Waals surface area (Å²) in [5.74, 6) is -0.210. The monoisotopic (exact) mass is 264 g/mol. The Morgan fingerprint density at radius 2 is 2.16 bits per heavy atom. The van der Waals surface area contributed by atoms with E-state index in [2.05, 4.69) is 5.32 Å². The van der Waals surface area contributed by atoms with E-state index in [1.807, 2.05) is 6.07 Å². The largest absolute Gasteiger partial charge is 0.340 e. The number of likely N-dealkylation sites (N-methyl/N-ethyl adjacent to an activating group) is 1. The summed E-state index contributed by atoms with van der Waals surface area (Å²) in [5, 5.41) is 3.29. The van der Waals surface area contributed by atoms with Gasteiger partial charge in [-0.25, -0.2) is 4.39 Å². The van der Waals surface area contributed by atoms with Crippen LogP contribution in [-0.4, -0.2) is 30.4 Å². The Hall–Kier alpha value is -1.42. The van der Waals surface area contributed by atoms with Gasteiger partial charge in [0.15, 0.2) is 0 Å². The highest BCUT2D eigenvalue weighted by molar-refractivity contribution is 5.78. The first kappa shape index (κ1) is 14.0. The topological polar surface area (TPSA) is 32.3 Å². The van der Waals surface area contributed by atoms with E-state index in [0.717, 1.165) is 5.56 Å². The highest BCUT2D eigenvalue weighted by Crippen LogP contribution is 2.17. The zero-order valence-corrected chi connectivity index (χ0v) is 11.4. The van der Waals surface area contributed by atoms with Crippen LogP contribution in [0.25, 0.3) is 0 Å². The van der Waals surface area contributed by atoms with Crippen LogP contribution in [0.15, 0.2) is 24.3 Å². The van der Waals surface area contributed by atoms with Gasteiger partial charge in [0.2, 0.25) is 5.91 Å². The van der Waals surface area contributed by atoms with Crippen molar-refractivity contribution in [3.8, 4) is 0 Å². The fourth-order valence-corrected chi connectivity index (χ4v) is 2.49. The van der Waals surface area contributed by atoms with Gasteiger partial charge in [0, 0.05) is 19.6 Å². The molecule has 1 aliphatic carbocycles. The van der Waals surface area contributed by atoms with E-state index in [-0.39, 0.29) is 11.7 Å². The number of amides is 1. The molecule has 2 rings (SSSR count). The minimum Gasteiger partial charge on any atom is -0.340 e. The normalized spacial score (nSPS) is 15.7. The van der Waals surface area contributed by atoms with Crippen molar-refractivity contribution < 1.29 is 9.18 Å². The molecule has 1 aliphatic rings. The summed E-state index contributed by atoms with van der Waals surface area (Å²) in [6, 6.07) is 6.87. The van der Waals surface area contributed by atoms with Crippen molar-refractivity contribution in [3.05, 3.63) is 35.6 Å². The average Bonchev–Trinajstić information content (AvgIpc) is 2.89. The van der Waals surface area contributed by atoms with E-state index in [0.29, 0.717) is 19.1 Å². The number of carbonyl (C=O) groups excluding carboxylic acids is 1. The second kappa shape index (κ2) is 6.66. The Morgan fingerprint density at radius 1 is 1.42 bits per heavy atom. The maximum absolute atomic E-state index is 13.1. The van der Waals surface area contributed by atoms with Crippen LogP contribution in [0.2, 0.25) is 0 Å². The lowest BCUT2D eigenvalue weighted by Gasteiger charge is -2.19. The molecular weight excluding hydrogens is 243 g/mol. The summed E-state index contributed by atoms with van der Waals surface area (Å²) < 4.78 is 13.1. The van der Waals surface area contributed by atoms with Gasteiger partial charge in [-0.2, -0.15) is 0 Å². The highest BCUT2D eigenvalue weighted by Gasteiger charge is 2.16. The maximum Gasteiger partial charge on any atom is 0.236 e. The van der Waals surface area contributed by atoms with Gasteiger partial charge in [0.05, 0.1) is 6.54 Å². The molecule has 1 N–H and O–H groups in total. The Morgan fingerprint density at radius 3 is 2.84 bits per heavy atom. The van der Waals surface area contributed by atoms with Crippen LogP contribution in [0.1, 0.15) is 31.2 Å². The van der Waals surface area contributed by atoms with E-state index in [9.17, 15) is 9.18 Å². The third kappa shape index (κ3) is 4.31. The molecule has 0 heterocycles. The van der Waals surface area contributed by atoms with Crippen molar-refractivity contribution in [1.82, 2.24) is 10.2 Å². The van der Waals surface area contributed by atoms with E-state index >= 15 is 0 Å². The lowest BCUT2D eigenvalue weighted by molar-refractivity contribution is -0.129. The molecule has 1 amide bonds. The summed E-state index contributed by atoms with van der Waals surface area (Å²) in [6.45, 7) is 0.819. The summed E-state index contributed by atoms with van der Waals surface area (Å²) >= 11 is 0. The molecule has 0 saturated heterocycles. The minimum atomic E-state index is -0.262. The first-order chi connectivity index (χ1) is 9.15. The van der Waals surface area contributed by atoms with Crippen molar-refractivity contribution in [3.63, 3.8) is 0 Å². The number of nitrogens with zero attached hydrogens (tertiary/aromatic N) is 1. The van der Waals surface area contributed by atoms with Gasteiger partial charge in [-0.15, -0.1) is 0 Å². The first-order valence-corrected chi connectivity index (χ1v) is 6.87.